The summed E-state index contributed by atoms with van der Waals surface area (Å²) in [5.41, 5.74) is -2.08. The second-order valence-electron chi connectivity index (χ2n) is 18.3. The molecule has 1 heterocycles. The van der Waals surface area contributed by atoms with Crippen LogP contribution in [-0.4, -0.2) is 108 Å². The van der Waals surface area contributed by atoms with Crippen LogP contribution in [0.15, 0.2) is 0 Å². The number of ether oxygens (including phenoxy) is 2. The van der Waals surface area contributed by atoms with Gasteiger partial charge < -0.3 is 50.3 Å². The van der Waals surface area contributed by atoms with E-state index >= 15 is 0 Å². The SMILES string of the molecule is CC(CC(O)C(O)C(C)(C)O)C1CCC23CC12CCC1C2(C)CCC(O)C(C)(C)C2CC(OC2OC(CO)C(O)C(O)C2O)C13C. The highest BCUT2D eigenvalue weighted by Gasteiger charge is 2.85. The maximum absolute atomic E-state index is 11.2. The van der Waals surface area contributed by atoms with Gasteiger partial charge in [0.2, 0.25) is 0 Å². The summed E-state index contributed by atoms with van der Waals surface area (Å²) < 4.78 is 12.8. The van der Waals surface area contributed by atoms with Crippen molar-refractivity contribution in [1.29, 1.82) is 0 Å². The normalized spacial score (nSPS) is 53.3. The van der Waals surface area contributed by atoms with Crippen LogP contribution in [-0.2, 0) is 9.47 Å². The van der Waals surface area contributed by atoms with Gasteiger partial charge in [0.05, 0.1) is 30.5 Å². The summed E-state index contributed by atoms with van der Waals surface area (Å²) in [7, 11) is 0. The van der Waals surface area contributed by atoms with Gasteiger partial charge in [-0.15, -0.1) is 0 Å². The molecule has 10 nitrogen and oxygen atoms in total. The Labute approximate surface area is 274 Å². The van der Waals surface area contributed by atoms with Crippen molar-refractivity contribution in [2.24, 2.45) is 50.7 Å². The Morgan fingerprint density at radius 1 is 0.891 bits per heavy atom. The summed E-state index contributed by atoms with van der Waals surface area (Å²) in [6.45, 7) is 13.8. The molecule has 46 heavy (non-hydrogen) atoms. The van der Waals surface area contributed by atoms with E-state index in [1.54, 1.807) is 0 Å². The maximum Gasteiger partial charge on any atom is 0.186 e. The van der Waals surface area contributed by atoms with Crippen LogP contribution in [0.25, 0.3) is 0 Å². The third-order valence-electron chi connectivity index (χ3n) is 15.6. The highest BCUT2D eigenvalue weighted by atomic mass is 16.7. The molecule has 1 aliphatic heterocycles. The van der Waals surface area contributed by atoms with Gasteiger partial charge in [-0.3, -0.25) is 0 Å². The van der Waals surface area contributed by atoms with Crippen LogP contribution in [0.4, 0.5) is 0 Å². The maximum atomic E-state index is 11.2. The van der Waals surface area contributed by atoms with Crippen LogP contribution in [0.5, 0.6) is 0 Å². The molecule has 0 bridgehead atoms. The van der Waals surface area contributed by atoms with Gasteiger partial charge >= 0.3 is 0 Å². The zero-order valence-corrected chi connectivity index (χ0v) is 29.0. The topological polar surface area (TPSA) is 180 Å². The Bertz CT molecular complexity index is 1140. The molecule has 6 fully saturated rings. The molecule has 5 aliphatic carbocycles. The summed E-state index contributed by atoms with van der Waals surface area (Å²) in [6.07, 6.45) is -1.90. The lowest BCUT2D eigenvalue weighted by molar-refractivity contribution is -0.344. The summed E-state index contributed by atoms with van der Waals surface area (Å²) in [4.78, 5) is 0. The second kappa shape index (κ2) is 11.3. The molecule has 5 saturated carbocycles. The quantitative estimate of drug-likeness (QED) is 0.181. The Hall–Kier alpha value is -0.400. The minimum absolute atomic E-state index is 0.0331. The largest absolute Gasteiger partial charge is 0.394 e. The lowest BCUT2D eigenvalue weighted by Crippen LogP contribution is -2.68. The fraction of sp³-hybridized carbons (Fsp3) is 1.00. The summed E-state index contributed by atoms with van der Waals surface area (Å²) in [5.74, 6) is 0.913. The minimum Gasteiger partial charge on any atom is -0.394 e. The molecule has 0 aromatic carbocycles. The molecule has 0 aromatic rings. The third kappa shape index (κ3) is 4.71. The van der Waals surface area contributed by atoms with E-state index in [1.165, 1.54) is 13.8 Å². The Kier molecular flexibility index (Phi) is 8.71. The van der Waals surface area contributed by atoms with E-state index in [2.05, 4.69) is 34.6 Å². The molecular formula is C36H62O10. The molecule has 6 rings (SSSR count). The van der Waals surface area contributed by atoms with Crippen LogP contribution in [0.3, 0.4) is 0 Å². The zero-order chi connectivity index (χ0) is 34.0. The van der Waals surface area contributed by atoms with Gasteiger partial charge in [0, 0.05) is 5.41 Å². The first kappa shape index (κ1) is 35.4. The molecule has 17 unspecified atom stereocenters. The monoisotopic (exact) mass is 654 g/mol. The molecule has 0 spiro atoms. The number of aliphatic hydroxyl groups excluding tert-OH is 7. The zero-order valence-electron chi connectivity index (χ0n) is 29.0. The lowest BCUT2D eigenvalue weighted by atomic mass is 9.37. The van der Waals surface area contributed by atoms with E-state index < -0.39 is 61.2 Å². The standard InChI is InChI=1S/C36H62O10/c1-18(14-20(38)29(43)32(4,5)44)19-8-13-36-17-35(19,36)12-9-22-33(6)11-10-24(39)31(2,3)23(33)15-25(34(22,36)7)46-30-28(42)27(41)26(40)21(16-37)45-30/h18-30,37-44H,8-17H2,1-7H3. The molecule has 8 N–H and O–H groups in total. The van der Waals surface area contributed by atoms with Crippen molar-refractivity contribution in [2.75, 3.05) is 6.61 Å². The van der Waals surface area contributed by atoms with Crippen LogP contribution < -0.4 is 0 Å². The van der Waals surface area contributed by atoms with E-state index in [9.17, 15) is 40.9 Å². The molecule has 0 radical (unpaired) electrons. The average Bonchev–Trinajstić information content (AvgIpc) is 3.55. The van der Waals surface area contributed by atoms with E-state index in [0.29, 0.717) is 18.8 Å². The molecule has 0 amide bonds. The van der Waals surface area contributed by atoms with Gasteiger partial charge in [0.1, 0.15) is 30.5 Å². The molecule has 6 aliphatic rings. The van der Waals surface area contributed by atoms with Gasteiger partial charge in [-0.25, -0.2) is 0 Å². The van der Waals surface area contributed by atoms with Crippen LogP contribution in [0, 0.1) is 50.7 Å². The third-order valence-corrected chi connectivity index (χ3v) is 15.6. The van der Waals surface area contributed by atoms with Crippen molar-refractivity contribution < 1.29 is 50.3 Å². The summed E-state index contributed by atoms with van der Waals surface area (Å²) >= 11 is 0. The fourth-order valence-corrected chi connectivity index (χ4v) is 13.1. The van der Waals surface area contributed by atoms with Crippen molar-refractivity contribution in [3.8, 4) is 0 Å². The first-order valence-electron chi connectivity index (χ1n) is 18.0. The molecular weight excluding hydrogens is 592 g/mol. The van der Waals surface area contributed by atoms with E-state index in [0.717, 1.165) is 44.9 Å². The van der Waals surface area contributed by atoms with Gasteiger partial charge in [-0.2, -0.15) is 0 Å². The van der Waals surface area contributed by atoms with Crippen molar-refractivity contribution >= 4 is 0 Å². The minimum atomic E-state index is -1.52. The summed E-state index contributed by atoms with van der Waals surface area (Å²) in [6, 6.07) is 0. The average molecular weight is 655 g/mol. The Morgan fingerprint density at radius 3 is 2.20 bits per heavy atom. The van der Waals surface area contributed by atoms with Crippen molar-refractivity contribution in [2.45, 2.75) is 167 Å². The number of hydrogen-bond donors (Lipinski definition) is 8. The van der Waals surface area contributed by atoms with Gasteiger partial charge in [-0.1, -0.05) is 34.6 Å². The van der Waals surface area contributed by atoms with Crippen molar-refractivity contribution in [3.05, 3.63) is 0 Å². The summed E-state index contributed by atoms with van der Waals surface area (Å²) in [5, 5.41) is 85.2. The first-order chi connectivity index (χ1) is 21.2. The Morgan fingerprint density at radius 2 is 1.57 bits per heavy atom. The van der Waals surface area contributed by atoms with Crippen LogP contribution >= 0.6 is 0 Å². The van der Waals surface area contributed by atoms with Crippen molar-refractivity contribution in [3.63, 3.8) is 0 Å². The first-order valence-corrected chi connectivity index (χ1v) is 18.0. The van der Waals surface area contributed by atoms with Crippen LogP contribution in [0.1, 0.15) is 106 Å². The Balaban J connectivity index is 1.35. The van der Waals surface area contributed by atoms with Gasteiger partial charge in [0.15, 0.2) is 6.29 Å². The second-order valence-corrected chi connectivity index (χ2v) is 18.3. The van der Waals surface area contributed by atoms with E-state index in [1.807, 2.05) is 0 Å². The predicted molar refractivity (Wildman–Crippen MR) is 169 cm³/mol. The van der Waals surface area contributed by atoms with Gasteiger partial charge in [-0.05, 0) is 117 Å². The molecule has 0 aromatic heterocycles. The molecule has 10 heteroatoms. The number of fused-ring (bicyclic) bond motifs is 3. The number of rotatable bonds is 8. The highest BCUT2D eigenvalue weighted by molar-refractivity contribution is 5.33. The fourth-order valence-electron chi connectivity index (χ4n) is 13.1. The van der Waals surface area contributed by atoms with E-state index in [4.69, 9.17) is 9.47 Å². The number of hydrogen-bond acceptors (Lipinski definition) is 10. The van der Waals surface area contributed by atoms with Gasteiger partial charge in [0.25, 0.3) is 0 Å². The molecule has 266 valence electrons. The smallest absolute Gasteiger partial charge is 0.186 e. The molecule has 17 atom stereocenters. The highest BCUT2D eigenvalue weighted by Crippen LogP contribution is 2.91. The van der Waals surface area contributed by atoms with Crippen LogP contribution in [0.2, 0.25) is 0 Å². The van der Waals surface area contributed by atoms with Crippen molar-refractivity contribution in [1.82, 2.24) is 0 Å². The predicted octanol–water partition coefficient (Wildman–Crippen LogP) is 2.10. The van der Waals surface area contributed by atoms with E-state index in [-0.39, 0.29) is 50.9 Å². The molecule has 1 saturated heterocycles. The lowest BCUT2D eigenvalue weighted by Gasteiger charge is -2.69. The number of aliphatic hydroxyl groups is 8.